The molecule has 0 saturated heterocycles. The summed E-state index contributed by atoms with van der Waals surface area (Å²) in [4.78, 5) is 23.8. The molecule has 0 unspecified atom stereocenters. The lowest BCUT2D eigenvalue weighted by atomic mass is 9.87. The minimum Gasteiger partial charge on any atom is -0.359 e. The highest BCUT2D eigenvalue weighted by Gasteiger charge is 2.12. The van der Waals surface area contributed by atoms with Gasteiger partial charge in [-0.15, -0.1) is 0 Å². The Bertz CT molecular complexity index is 800. The molecule has 2 rings (SSSR count). The number of hydrogen-bond acceptors (Lipinski definition) is 2. The first-order valence-corrected chi connectivity index (χ1v) is 8.67. The van der Waals surface area contributed by atoms with E-state index in [0.717, 1.165) is 11.1 Å². The number of nitrogens with one attached hydrogen (secondary N) is 2. The van der Waals surface area contributed by atoms with Crippen LogP contribution < -0.4 is 10.6 Å². The molecule has 2 amide bonds. The molecule has 0 spiro atoms. The molecule has 0 aliphatic heterocycles. The molecule has 0 aromatic heterocycles. The van der Waals surface area contributed by atoms with Crippen LogP contribution in [-0.4, -0.2) is 18.9 Å². The van der Waals surface area contributed by atoms with E-state index >= 15 is 0 Å². The third-order valence-electron chi connectivity index (χ3n) is 4.11. The Morgan fingerprint density at radius 3 is 2.27 bits per heavy atom. The molecule has 4 heteroatoms. The first-order valence-electron chi connectivity index (χ1n) is 8.67. The van der Waals surface area contributed by atoms with Crippen LogP contribution in [0, 0.1) is 0 Å². The van der Waals surface area contributed by atoms with Gasteiger partial charge in [0.1, 0.15) is 0 Å². The molecular formula is C22H26N2O2. The van der Waals surface area contributed by atoms with Crippen molar-refractivity contribution in [3.8, 4) is 0 Å². The fourth-order valence-electron chi connectivity index (χ4n) is 2.50. The maximum absolute atomic E-state index is 12.2. The Morgan fingerprint density at radius 2 is 1.65 bits per heavy atom. The normalized spacial score (nSPS) is 11.4. The third kappa shape index (κ3) is 5.59. The molecule has 0 saturated carbocycles. The topological polar surface area (TPSA) is 58.2 Å². The van der Waals surface area contributed by atoms with E-state index in [1.54, 1.807) is 19.2 Å². The van der Waals surface area contributed by atoms with Gasteiger partial charge in [0.25, 0.3) is 0 Å². The molecule has 0 atom stereocenters. The minimum atomic E-state index is -0.228. The van der Waals surface area contributed by atoms with Crippen LogP contribution in [0.2, 0.25) is 0 Å². The number of rotatable bonds is 5. The van der Waals surface area contributed by atoms with Crippen molar-refractivity contribution in [3.05, 3.63) is 71.3 Å². The first kappa shape index (κ1) is 19.4. The van der Waals surface area contributed by atoms with E-state index in [0.29, 0.717) is 5.69 Å². The zero-order chi connectivity index (χ0) is 19.2. The second-order valence-corrected chi connectivity index (χ2v) is 7.20. The second-order valence-electron chi connectivity index (χ2n) is 7.20. The molecule has 2 aromatic carbocycles. The molecule has 0 radical (unpaired) electrons. The van der Waals surface area contributed by atoms with Gasteiger partial charge >= 0.3 is 0 Å². The van der Waals surface area contributed by atoms with Gasteiger partial charge in [-0.2, -0.15) is 0 Å². The molecule has 0 aliphatic carbocycles. The summed E-state index contributed by atoms with van der Waals surface area (Å²) in [6, 6.07) is 15.5. The molecule has 2 N–H and O–H groups in total. The number of para-hydroxylation sites is 1. The quantitative estimate of drug-likeness (QED) is 0.803. The fourth-order valence-corrected chi connectivity index (χ4v) is 2.50. The zero-order valence-electron chi connectivity index (χ0n) is 15.8. The number of anilines is 1. The summed E-state index contributed by atoms with van der Waals surface area (Å²) in [7, 11) is 1.59. The molecule has 136 valence electrons. The van der Waals surface area contributed by atoms with E-state index in [1.165, 1.54) is 11.6 Å². The number of amides is 2. The van der Waals surface area contributed by atoms with Crippen LogP contribution >= 0.6 is 0 Å². The maximum Gasteiger partial charge on any atom is 0.248 e. The third-order valence-corrected chi connectivity index (χ3v) is 4.11. The Kier molecular flexibility index (Phi) is 6.34. The average molecular weight is 350 g/mol. The van der Waals surface area contributed by atoms with Crippen molar-refractivity contribution in [1.82, 2.24) is 5.32 Å². The maximum atomic E-state index is 12.2. The van der Waals surface area contributed by atoms with Gasteiger partial charge in [0.05, 0.1) is 6.42 Å². The van der Waals surface area contributed by atoms with Crippen molar-refractivity contribution in [2.75, 3.05) is 12.4 Å². The molecule has 0 aliphatic rings. The van der Waals surface area contributed by atoms with Crippen LogP contribution in [-0.2, 0) is 21.4 Å². The standard InChI is InChI=1S/C22H26N2O2/c1-22(2,3)18-12-9-16(10-13-18)11-14-20(25)24-19-8-6-5-7-17(19)15-21(26)23-4/h5-14H,15H2,1-4H3,(H,23,26)(H,24,25). The lowest BCUT2D eigenvalue weighted by Gasteiger charge is -2.18. The molecule has 0 heterocycles. The summed E-state index contributed by atoms with van der Waals surface area (Å²) < 4.78 is 0. The summed E-state index contributed by atoms with van der Waals surface area (Å²) in [5.41, 5.74) is 3.75. The van der Waals surface area contributed by atoms with Gasteiger partial charge in [-0.1, -0.05) is 63.2 Å². The first-order chi connectivity index (χ1) is 12.3. The Morgan fingerprint density at radius 1 is 1.00 bits per heavy atom. The number of likely N-dealkylation sites (N-methyl/N-ethyl adjacent to an activating group) is 1. The molecular weight excluding hydrogens is 324 g/mol. The van der Waals surface area contributed by atoms with Crippen molar-refractivity contribution in [3.63, 3.8) is 0 Å². The van der Waals surface area contributed by atoms with E-state index in [2.05, 4.69) is 43.5 Å². The highest BCUT2D eigenvalue weighted by Crippen LogP contribution is 2.22. The number of hydrogen-bond donors (Lipinski definition) is 2. The monoisotopic (exact) mass is 350 g/mol. The van der Waals surface area contributed by atoms with E-state index in [-0.39, 0.29) is 23.7 Å². The predicted octanol–water partition coefficient (Wildman–Crippen LogP) is 3.92. The molecule has 0 bridgehead atoms. The zero-order valence-corrected chi connectivity index (χ0v) is 15.8. The fraction of sp³-hybridized carbons (Fsp3) is 0.273. The van der Waals surface area contributed by atoms with E-state index in [4.69, 9.17) is 0 Å². The number of carbonyl (C=O) groups is 2. The number of carbonyl (C=O) groups excluding carboxylic acids is 2. The van der Waals surface area contributed by atoms with Gasteiger partial charge in [0, 0.05) is 18.8 Å². The highest BCUT2D eigenvalue weighted by molar-refractivity contribution is 6.02. The van der Waals surface area contributed by atoms with E-state index in [9.17, 15) is 9.59 Å². The van der Waals surface area contributed by atoms with Crippen LogP contribution in [0.4, 0.5) is 5.69 Å². The second kappa shape index (κ2) is 8.48. The van der Waals surface area contributed by atoms with Crippen LogP contribution in [0.5, 0.6) is 0 Å². The van der Waals surface area contributed by atoms with Crippen LogP contribution in [0.25, 0.3) is 6.08 Å². The van der Waals surface area contributed by atoms with E-state index < -0.39 is 0 Å². The number of benzene rings is 2. The lowest BCUT2D eigenvalue weighted by Crippen LogP contribution is -2.21. The van der Waals surface area contributed by atoms with Gasteiger partial charge in [-0.25, -0.2) is 0 Å². The lowest BCUT2D eigenvalue weighted by molar-refractivity contribution is -0.120. The summed E-state index contributed by atoms with van der Waals surface area (Å²) in [5, 5.41) is 5.43. The van der Waals surface area contributed by atoms with E-state index in [1.807, 2.05) is 30.3 Å². The Balaban J connectivity index is 2.05. The Labute approximate surface area is 155 Å². The van der Waals surface area contributed by atoms with Crippen LogP contribution in [0.1, 0.15) is 37.5 Å². The Hall–Kier alpha value is -2.88. The van der Waals surface area contributed by atoms with Crippen molar-refractivity contribution < 1.29 is 9.59 Å². The molecule has 2 aromatic rings. The van der Waals surface area contributed by atoms with Gasteiger partial charge in [-0.05, 0) is 34.2 Å². The molecule has 26 heavy (non-hydrogen) atoms. The van der Waals surface area contributed by atoms with Crippen molar-refractivity contribution in [1.29, 1.82) is 0 Å². The van der Waals surface area contributed by atoms with Crippen LogP contribution in [0.3, 0.4) is 0 Å². The summed E-state index contributed by atoms with van der Waals surface area (Å²) in [5.74, 6) is -0.324. The summed E-state index contributed by atoms with van der Waals surface area (Å²) in [6.07, 6.45) is 3.51. The predicted molar refractivity (Wildman–Crippen MR) is 107 cm³/mol. The summed E-state index contributed by atoms with van der Waals surface area (Å²) in [6.45, 7) is 6.50. The van der Waals surface area contributed by atoms with Gasteiger partial charge in [0.15, 0.2) is 0 Å². The van der Waals surface area contributed by atoms with Gasteiger partial charge in [-0.3, -0.25) is 9.59 Å². The molecule has 4 nitrogen and oxygen atoms in total. The van der Waals surface area contributed by atoms with Crippen molar-refractivity contribution in [2.24, 2.45) is 0 Å². The average Bonchev–Trinajstić information content (AvgIpc) is 2.61. The minimum absolute atomic E-state index is 0.0961. The largest absolute Gasteiger partial charge is 0.359 e. The SMILES string of the molecule is CNC(=O)Cc1ccccc1NC(=O)C=Cc1ccc(C(C)(C)C)cc1. The van der Waals surface area contributed by atoms with Crippen LogP contribution in [0.15, 0.2) is 54.6 Å². The molecule has 0 fully saturated rings. The van der Waals surface area contributed by atoms with Gasteiger partial charge < -0.3 is 10.6 Å². The smallest absolute Gasteiger partial charge is 0.248 e. The van der Waals surface area contributed by atoms with Gasteiger partial charge in [0.2, 0.25) is 11.8 Å². The summed E-state index contributed by atoms with van der Waals surface area (Å²) >= 11 is 0. The van der Waals surface area contributed by atoms with Crippen molar-refractivity contribution >= 4 is 23.6 Å². The highest BCUT2D eigenvalue weighted by atomic mass is 16.2. The van der Waals surface area contributed by atoms with Crippen molar-refractivity contribution in [2.45, 2.75) is 32.6 Å².